The first kappa shape index (κ1) is 23.8. The van der Waals surface area contributed by atoms with Gasteiger partial charge in [0.15, 0.2) is 0 Å². The van der Waals surface area contributed by atoms with Gasteiger partial charge < -0.3 is 10.2 Å². The predicted octanol–water partition coefficient (Wildman–Crippen LogP) is 3.93. The normalized spacial score (nSPS) is 18.8. The van der Waals surface area contributed by atoms with Crippen LogP contribution >= 0.6 is 15.9 Å². The van der Waals surface area contributed by atoms with Crippen molar-refractivity contribution < 1.29 is 22.4 Å². The second-order valence-electron chi connectivity index (χ2n) is 8.26. The van der Waals surface area contributed by atoms with E-state index in [0.717, 1.165) is 5.56 Å². The van der Waals surface area contributed by atoms with Gasteiger partial charge >= 0.3 is 0 Å². The minimum atomic E-state index is -3.96. The summed E-state index contributed by atoms with van der Waals surface area (Å²) in [5.41, 5.74) is 1.58. The molecule has 0 aromatic heterocycles. The van der Waals surface area contributed by atoms with Crippen molar-refractivity contribution in [3.63, 3.8) is 0 Å². The molecule has 1 N–H and O–H groups in total. The maximum Gasteiger partial charge on any atom is 0.245 e. The van der Waals surface area contributed by atoms with E-state index < -0.39 is 21.8 Å². The summed E-state index contributed by atoms with van der Waals surface area (Å²) in [6.45, 7) is 2.50. The lowest BCUT2D eigenvalue weighted by Gasteiger charge is -2.32. The Balaban J connectivity index is 1.60. The number of halogens is 2. The largest absolute Gasteiger partial charge is 0.326 e. The summed E-state index contributed by atoms with van der Waals surface area (Å²) >= 11 is 3.40. The van der Waals surface area contributed by atoms with Crippen molar-refractivity contribution >= 4 is 49.1 Å². The molecular weight excluding hydrogens is 513 g/mol. The molecule has 2 heterocycles. The van der Waals surface area contributed by atoms with Gasteiger partial charge in [0.05, 0.1) is 11.6 Å². The van der Waals surface area contributed by atoms with Crippen molar-refractivity contribution in [2.24, 2.45) is 5.92 Å². The SMILES string of the molecule is CCC(=O)N1CCc2cc(Br)cc(S(=O)(=O)N3CCC[C@@H](C(=O)Nc4cccc(F)c4)C3)c21. The van der Waals surface area contributed by atoms with Gasteiger partial charge in [0, 0.05) is 36.2 Å². The molecule has 176 valence electrons. The summed E-state index contributed by atoms with van der Waals surface area (Å²) in [4.78, 5) is 26.9. The number of fused-ring (bicyclic) bond motifs is 1. The van der Waals surface area contributed by atoms with Crippen molar-refractivity contribution in [3.05, 3.63) is 52.3 Å². The minimum Gasteiger partial charge on any atom is -0.326 e. The van der Waals surface area contributed by atoms with Gasteiger partial charge in [-0.15, -0.1) is 0 Å². The summed E-state index contributed by atoms with van der Waals surface area (Å²) in [7, 11) is -3.96. The third-order valence-electron chi connectivity index (χ3n) is 6.06. The molecule has 2 amide bonds. The van der Waals surface area contributed by atoms with E-state index in [4.69, 9.17) is 0 Å². The molecule has 33 heavy (non-hydrogen) atoms. The Morgan fingerprint density at radius 2 is 2.00 bits per heavy atom. The van der Waals surface area contributed by atoms with Crippen molar-refractivity contribution in [1.82, 2.24) is 4.31 Å². The fourth-order valence-corrected chi connectivity index (χ4v) is 6.87. The monoisotopic (exact) mass is 537 g/mol. The number of carbonyl (C=O) groups excluding carboxylic acids is 2. The predicted molar refractivity (Wildman–Crippen MR) is 127 cm³/mol. The molecule has 1 saturated heterocycles. The lowest BCUT2D eigenvalue weighted by molar-refractivity contribution is -0.121. The molecule has 2 aliphatic rings. The van der Waals surface area contributed by atoms with Crippen molar-refractivity contribution in [3.8, 4) is 0 Å². The Hall–Kier alpha value is -2.30. The lowest BCUT2D eigenvalue weighted by atomic mass is 9.99. The van der Waals surface area contributed by atoms with Gasteiger partial charge in [0.2, 0.25) is 21.8 Å². The number of hydrogen-bond donors (Lipinski definition) is 1. The maximum atomic E-state index is 13.7. The Morgan fingerprint density at radius 3 is 2.73 bits per heavy atom. The average molecular weight is 538 g/mol. The third-order valence-corrected chi connectivity index (χ3v) is 8.40. The number of nitrogens with zero attached hydrogens (tertiary/aromatic N) is 2. The molecule has 0 saturated carbocycles. The first-order chi connectivity index (χ1) is 15.7. The van der Waals surface area contributed by atoms with Crippen LogP contribution in [0, 0.1) is 11.7 Å². The molecule has 0 bridgehead atoms. The standard InChI is InChI=1S/C23H25BrFN3O4S/c1-2-21(29)28-10-8-15-11-17(24)12-20(22(15)28)33(31,32)27-9-4-5-16(14-27)23(30)26-19-7-3-6-18(25)13-19/h3,6-7,11-13,16H,2,4-5,8-10,14H2,1H3,(H,26,30)/t16-/m1/s1. The number of nitrogens with one attached hydrogen (secondary N) is 1. The second-order valence-corrected chi connectivity index (χ2v) is 11.1. The van der Waals surface area contributed by atoms with Crippen LogP contribution in [0.1, 0.15) is 31.7 Å². The topological polar surface area (TPSA) is 86.8 Å². The maximum absolute atomic E-state index is 13.7. The second kappa shape index (κ2) is 9.52. The van der Waals surface area contributed by atoms with E-state index in [9.17, 15) is 22.4 Å². The fourth-order valence-electron chi connectivity index (χ4n) is 4.43. The molecule has 2 aromatic rings. The number of sulfonamides is 1. The Kier molecular flexibility index (Phi) is 6.88. The van der Waals surface area contributed by atoms with Crippen molar-refractivity contribution in [1.29, 1.82) is 0 Å². The molecule has 0 radical (unpaired) electrons. The van der Waals surface area contributed by atoms with Crippen molar-refractivity contribution in [2.75, 3.05) is 29.9 Å². The molecule has 1 fully saturated rings. The number of rotatable bonds is 5. The van der Waals surface area contributed by atoms with Crippen LogP contribution in [0.2, 0.25) is 0 Å². The van der Waals surface area contributed by atoms with Crippen LogP contribution in [0.4, 0.5) is 15.8 Å². The zero-order valence-corrected chi connectivity index (χ0v) is 20.6. The highest BCUT2D eigenvalue weighted by atomic mass is 79.9. The highest BCUT2D eigenvalue weighted by Gasteiger charge is 2.38. The molecule has 2 aromatic carbocycles. The average Bonchev–Trinajstić information content (AvgIpc) is 3.21. The van der Waals surface area contributed by atoms with Crippen LogP contribution in [0.3, 0.4) is 0 Å². The summed E-state index contributed by atoms with van der Waals surface area (Å²) in [5.74, 6) is -1.50. The summed E-state index contributed by atoms with van der Waals surface area (Å²) < 4.78 is 42.8. The number of benzene rings is 2. The first-order valence-electron chi connectivity index (χ1n) is 10.9. The van der Waals surface area contributed by atoms with E-state index in [1.54, 1.807) is 17.9 Å². The van der Waals surface area contributed by atoms with Gasteiger partial charge in [-0.3, -0.25) is 9.59 Å². The zero-order valence-electron chi connectivity index (χ0n) is 18.2. The van der Waals surface area contributed by atoms with E-state index in [0.29, 0.717) is 41.7 Å². The van der Waals surface area contributed by atoms with Crippen LogP contribution < -0.4 is 10.2 Å². The summed E-state index contributed by atoms with van der Waals surface area (Å²) in [5, 5.41) is 2.68. The van der Waals surface area contributed by atoms with Crippen LogP contribution in [-0.4, -0.2) is 44.2 Å². The number of carbonyl (C=O) groups is 2. The Labute approximate surface area is 201 Å². The van der Waals surface area contributed by atoms with E-state index in [1.165, 1.54) is 28.6 Å². The molecular formula is C23H25BrFN3O4S. The Bertz CT molecular complexity index is 1200. The van der Waals surface area contributed by atoms with Gasteiger partial charge in [0.1, 0.15) is 10.7 Å². The first-order valence-corrected chi connectivity index (χ1v) is 13.1. The zero-order chi connectivity index (χ0) is 23.8. The van der Waals surface area contributed by atoms with Gasteiger partial charge in [-0.05, 0) is 55.2 Å². The summed E-state index contributed by atoms with van der Waals surface area (Å²) in [6.07, 6.45) is 1.92. The molecule has 0 spiro atoms. The molecule has 2 aliphatic heterocycles. The van der Waals surface area contributed by atoms with Crippen molar-refractivity contribution in [2.45, 2.75) is 37.5 Å². The number of piperidine rings is 1. The molecule has 7 nitrogen and oxygen atoms in total. The smallest absolute Gasteiger partial charge is 0.245 e. The van der Waals surface area contributed by atoms with Crippen LogP contribution in [0.5, 0.6) is 0 Å². The van der Waals surface area contributed by atoms with Gasteiger partial charge in [-0.1, -0.05) is 28.9 Å². The van der Waals surface area contributed by atoms with Crippen LogP contribution in [-0.2, 0) is 26.0 Å². The number of hydrogen-bond acceptors (Lipinski definition) is 4. The van der Waals surface area contributed by atoms with Gasteiger partial charge in [-0.25, -0.2) is 12.8 Å². The molecule has 0 aliphatic carbocycles. The fraction of sp³-hybridized carbons (Fsp3) is 0.391. The minimum absolute atomic E-state index is 0.0203. The van der Waals surface area contributed by atoms with E-state index >= 15 is 0 Å². The van der Waals surface area contributed by atoms with Gasteiger partial charge in [-0.2, -0.15) is 4.31 Å². The lowest BCUT2D eigenvalue weighted by Crippen LogP contribution is -2.44. The number of anilines is 2. The molecule has 1 atom stereocenters. The highest BCUT2D eigenvalue weighted by molar-refractivity contribution is 9.10. The molecule has 4 rings (SSSR count). The molecule has 10 heteroatoms. The quantitative estimate of drug-likeness (QED) is 0.626. The van der Waals surface area contributed by atoms with E-state index in [2.05, 4.69) is 21.2 Å². The van der Waals surface area contributed by atoms with E-state index in [1.807, 2.05) is 6.07 Å². The number of amides is 2. The summed E-state index contributed by atoms with van der Waals surface area (Å²) in [6, 6.07) is 8.98. The van der Waals surface area contributed by atoms with Gasteiger partial charge in [0.25, 0.3) is 0 Å². The van der Waals surface area contributed by atoms with E-state index in [-0.39, 0.29) is 36.2 Å². The Morgan fingerprint density at radius 1 is 1.21 bits per heavy atom. The third kappa shape index (κ3) is 4.83. The van der Waals surface area contributed by atoms with Crippen LogP contribution in [0.25, 0.3) is 0 Å². The molecule has 0 unspecified atom stereocenters. The highest BCUT2D eigenvalue weighted by Crippen LogP contribution is 2.39. The van der Waals surface area contributed by atoms with Crippen LogP contribution in [0.15, 0.2) is 45.8 Å².